The number of amides is 1. The molecule has 0 fully saturated rings. The highest BCUT2D eigenvalue weighted by Gasteiger charge is 2.17. The van der Waals surface area contributed by atoms with Gasteiger partial charge in [-0.15, -0.1) is 0 Å². The molecule has 7 nitrogen and oxygen atoms in total. The van der Waals surface area contributed by atoms with E-state index in [0.29, 0.717) is 22.7 Å². The smallest absolute Gasteiger partial charge is 0.270 e. The number of aryl methyl sites for hydroxylation is 2. The fourth-order valence-corrected chi connectivity index (χ4v) is 3.24. The van der Waals surface area contributed by atoms with Crippen LogP contribution in [0.15, 0.2) is 59.0 Å². The van der Waals surface area contributed by atoms with E-state index < -0.39 is 10.8 Å². The molecule has 150 valence electrons. The Labute approximate surface area is 176 Å². The van der Waals surface area contributed by atoms with Gasteiger partial charge in [0.25, 0.3) is 11.6 Å². The van der Waals surface area contributed by atoms with Crippen LogP contribution in [0.3, 0.4) is 0 Å². The maximum absolute atomic E-state index is 12.7. The zero-order valence-corrected chi connectivity index (χ0v) is 16.9. The van der Waals surface area contributed by atoms with Gasteiger partial charge in [0.15, 0.2) is 5.58 Å². The number of carbonyl (C=O) groups excluding carboxylic acids is 1. The molecular weight excluding hydrogens is 406 g/mol. The molecule has 1 heterocycles. The van der Waals surface area contributed by atoms with Gasteiger partial charge in [-0.1, -0.05) is 23.7 Å². The Balaban J connectivity index is 1.67. The van der Waals surface area contributed by atoms with Gasteiger partial charge in [-0.2, -0.15) is 0 Å². The van der Waals surface area contributed by atoms with Crippen molar-refractivity contribution in [2.45, 2.75) is 13.8 Å². The minimum Gasteiger partial charge on any atom is -0.436 e. The number of nitro groups is 1. The van der Waals surface area contributed by atoms with Crippen molar-refractivity contribution >= 4 is 40.0 Å². The summed E-state index contributed by atoms with van der Waals surface area (Å²) in [5.41, 5.74) is 4.32. The third kappa shape index (κ3) is 3.75. The maximum Gasteiger partial charge on any atom is 0.270 e. The van der Waals surface area contributed by atoms with Crippen LogP contribution in [0.2, 0.25) is 5.02 Å². The summed E-state index contributed by atoms with van der Waals surface area (Å²) in [5.74, 6) is -0.114. The van der Waals surface area contributed by atoms with Crippen molar-refractivity contribution in [1.82, 2.24) is 4.98 Å². The van der Waals surface area contributed by atoms with Crippen LogP contribution < -0.4 is 5.32 Å². The second-order valence-electron chi connectivity index (χ2n) is 6.90. The van der Waals surface area contributed by atoms with Gasteiger partial charge in [-0.25, -0.2) is 4.98 Å². The van der Waals surface area contributed by atoms with Crippen LogP contribution in [0.5, 0.6) is 0 Å². The number of halogens is 1. The van der Waals surface area contributed by atoms with Crippen LogP contribution in [0.25, 0.3) is 22.6 Å². The van der Waals surface area contributed by atoms with Gasteiger partial charge in [-0.05, 0) is 55.3 Å². The standard InChI is InChI=1S/C22H16ClN3O4/c1-12-3-8-18-20(9-12)30-22(25-18)14-5-4-13(2)19(10-14)24-21(27)16-11-15(26(28)29)6-7-17(16)23/h3-11H,1-2H3,(H,24,27). The molecule has 1 N–H and O–H groups in total. The van der Waals surface area contributed by atoms with E-state index in [1.807, 2.05) is 44.2 Å². The zero-order valence-electron chi connectivity index (χ0n) is 16.1. The highest BCUT2D eigenvalue weighted by molar-refractivity contribution is 6.34. The number of fused-ring (bicyclic) bond motifs is 1. The third-order valence-electron chi connectivity index (χ3n) is 4.68. The first-order valence-corrected chi connectivity index (χ1v) is 9.43. The minimum atomic E-state index is -0.575. The molecule has 0 atom stereocenters. The molecule has 30 heavy (non-hydrogen) atoms. The predicted octanol–water partition coefficient (Wildman–Crippen LogP) is 5.93. The summed E-state index contributed by atoms with van der Waals surface area (Å²) in [6.07, 6.45) is 0. The second-order valence-corrected chi connectivity index (χ2v) is 7.30. The molecule has 0 unspecified atom stereocenters. The second kappa shape index (κ2) is 7.61. The van der Waals surface area contributed by atoms with E-state index in [4.69, 9.17) is 16.0 Å². The number of nitrogens with one attached hydrogen (secondary N) is 1. The lowest BCUT2D eigenvalue weighted by molar-refractivity contribution is -0.384. The van der Waals surface area contributed by atoms with Gasteiger partial charge in [0.05, 0.1) is 15.5 Å². The van der Waals surface area contributed by atoms with E-state index in [9.17, 15) is 14.9 Å². The van der Waals surface area contributed by atoms with Gasteiger partial charge in [0.1, 0.15) is 5.52 Å². The largest absolute Gasteiger partial charge is 0.436 e. The third-order valence-corrected chi connectivity index (χ3v) is 5.01. The van der Waals surface area contributed by atoms with Crippen LogP contribution in [-0.2, 0) is 0 Å². The van der Waals surface area contributed by atoms with Crippen molar-refractivity contribution in [3.05, 3.63) is 86.4 Å². The van der Waals surface area contributed by atoms with Gasteiger partial charge in [0, 0.05) is 23.4 Å². The predicted molar refractivity (Wildman–Crippen MR) is 115 cm³/mol. The van der Waals surface area contributed by atoms with Crippen molar-refractivity contribution < 1.29 is 14.1 Å². The molecule has 3 aromatic carbocycles. The summed E-state index contributed by atoms with van der Waals surface area (Å²) >= 11 is 6.08. The average Bonchev–Trinajstić information content (AvgIpc) is 3.12. The summed E-state index contributed by atoms with van der Waals surface area (Å²) in [5, 5.41) is 13.9. The first-order valence-electron chi connectivity index (χ1n) is 9.05. The van der Waals surface area contributed by atoms with E-state index >= 15 is 0 Å². The number of oxazole rings is 1. The molecule has 8 heteroatoms. The van der Waals surface area contributed by atoms with Crippen molar-refractivity contribution in [2.75, 3.05) is 5.32 Å². The Hall–Kier alpha value is -3.71. The molecule has 0 bridgehead atoms. The van der Waals surface area contributed by atoms with Crippen LogP contribution in [-0.4, -0.2) is 15.8 Å². The molecule has 0 aliphatic rings. The summed E-state index contributed by atoms with van der Waals surface area (Å²) in [7, 11) is 0. The van der Waals surface area contributed by atoms with Crippen molar-refractivity contribution in [1.29, 1.82) is 0 Å². The number of aromatic nitrogens is 1. The zero-order chi connectivity index (χ0) is 21.4. The average molecular weight is 422 g/mol. The Morgan fingerprint density at radius 3 is 2.67 bits per heavy atom. The van der Waals surface area contributed by atoms with E-state index in [-0.39, 0.29) is 16.3 Å². The SMILES string of the molecule is Cc1ccc2nc(-c3ccc(C)c(NC(=O)c4cc([N+](=O)[O-])ccc4Cl)c3)oc2c1. The number of rotatable bonds is 4. The number of hydrogen-bond donors (Lipinski definition) is 1. The van der Waals surface area contributed by atoms with Gasteiger partial charge < -0.3 is 9.73 Å². The van der Waals surface area contributed by atoms with E-state index in [1.165, 1.54) is 12.1 Å². The van der Waals surface area contributed by atoms with Gasteiger partial charge >= 0.3 is 0 Å². The highest BCUT2D eigenvalue weighted by atomic mass is 35.5. The molecule has 1 amide bonds. The van der Waals surface area contributed by atoms with E-state index in [1.54, 1.807) is 6.07 Å². The van der Waals surface area contributed by atoms with E-state index in [2.05, 4.69) is 10.3 Å². The van der Waals surface area contributed by atoms with Crippen LogP contribution in [0, 0.1) is 24.0 Å². The van der Waals surface area contributed by atoms with Crippen LogP contribution >= 0.6 is 11.6 Å². The lowest BCUT2D eigenvalue weighted by Crippen LogP contribution is -2.13. The topological polar surface area (TPSA) is 98.3 Å². The molecule has 4 rings (SSSR count). The number of hydrogen-bond acceptors (Lipinski definition) is 5. The summed E-state index contributed by atoms with van der Waals surface area (Å²) in [6, 6.07) is 14.9. The molecule has 0 radical (unpaired) electrons. The fourth-order valence-electron chi connectivity index (χ4n) is 3.04. The Kier molecular flexibility index (Phi) is 4.97. The highest BCUT2D eigenvalue weighted by Crippen LogP contribution is 2.29. The molecule has 0 saturated carbocycles. The number of carbonyl (C=O) groups is 1. The maximum atomic E-state index is 12.7. The molecule has 0 saturated heterocycles. The normalized spacial score (nSPS) is 10.9. The van der Waals surface area contributed by atoms with Crippen LogP contribution in [0.4, 0.5) is 11.4 Å². The Morgan fingerprint density at radius 1 is 1.10 bits per heavy atom. The molecule has 0 spiro atoms. The molecule has 1 aromatic heterocycles. The minimum absolute atomic E-state index is 0.0213. The molecule has 4 aromatic rings. The van der Waals surface area contributed by atoms with Crippen molar-refractivity contribution in [3.63, 3.8) is 0 Å². The van der Waals surface area contributed by atoms with Crippen molar-refractivity contribution in [3.8, 4) is 11.5 Å². The quantitative estimate of drug-likeness (QED) is 0.325. The summed E-state index contributed by atoms with van der Waals surface area (Å²) < 4.78 is 5.86. The number of benzene rings is 3. The van der Waals surface area contributed by atoms with Gasteiger partial charge in [0.2, 0.25) is 5.89 Å². The number of nitro benzene ring substituents is 1. The number of nitrogens with zero attached hydrogens (tertiary/aromatic N) is 2. The summed E-state index contributed by atoms with van der Waals surface area (Å²) in [6.45, 7) is 3.81. The summed E-state index contributed by atoms with van der Waals surface area (Å²) in [4.78, 5) is 27.7. The molecule has 0 aliphatic carbocycles. The molecular formula is C22H16ClN3O4. The Bertz CT molecular complexity index is 1310. The number of anilines is 1. The lowest BCUT2D eigenvalue weighted by atomic mass is 10.1. The Morgan fingerprint density at radius 2 is 1.90 bits per heavy atom. The van der Waals surface area contributed by atoms with Crippen LogP contribution in [0.1, 0.15) is 21.5 Å². The van der Waals surface area contributed by atoms with E-state index in [0.717, 1.165) is 22.7 Å². The lowest BCUT2D eigenvalue weighted by Gasteiger charge is -2.10. The first kappa shape index (κ1) is 19.6. The van der Waals surface area contributed by atoms with Gasteiger partial charge in [-0.3, -0.25) is 14.9 Å². The molecule has 0 aliphatic heterocycles. The first-order chi connectivity index (χ1) is 14.3. The van der Waals surface area contributed by atoms with Crippen molar-refractivity contribution in [2.24, 2.45) is 0 Å². The fraction of sp³-hybridized carbons (Fsp3) is 0.0909. The number of non-ortho nitro benzene ring substituents is 1. The monoisotopic (exact) mass is 421 g/mol.